The first-order chi connectivity index (χ1) is 8.11. The van der Waals surface area contributed by atoms with E-state index in [2.05, 4.69) is 13.8 Å². The molecule has 0 aromatic heterocycles. The molecule has 0 unspecified atom stereocenters. The van der Waals surface area contributed by atoms with Crippen molar-refractivity contribution in [2.45, 2.75) is 19.8 Å². The Hall–Kier alpha value is -1.77. The molecule has 0 aliphatic heterocycles. The van der Waals surface area contributed by atoms with Crippen LogP contribution in [0.15, 0.2) is 30.5 Å². The Labute approximate surface area is 102 Å². The molecule has 0 fully saturated rings. The Kier molecular flexibility index (Phi) is 4.76. The number of esters is 1. The molecule has 0 radical (unpaired) electrons. The van der Waals surface area contributed by atoms with Crippen LogP contribution < -0.4 is 0 Å². The fourth-order valence-electron chi connectivity index (χ4n) is 1.70. The second-order valence-corrected chi connectivity index (χ2v) is 4.00. The van der Waals surface area contributed by atoms with Gasteiger partial charge in [0.2, 0.25) is 0 Å². The number of benzene rings is 1. The van der Waals surface area contributed by atoms with Crippen molar-refractivity contribution in [3.8, 4) is 0 Å². The summed E-state index contributed by atoms with van der Waals surface area (Å²) in [5.41, 5.74) is 2.40. The number of hydrogen-bond donors (Lipinski definition) is 0. The van der Waals surface area contributed by atoms with Crippen molar-refractivity contribution in [1.29, 1.82) is 0 Å². The summed E-state index contributed by atoms with van der Waals surface area (Å²) in [6.07, 6.45) is 1.42. The van der Waals surface area contributed by atoms with Crippen molar-refractivity contribution in [2.75, 3.05) is 14.2 Å². The molecule has 0 spiro atoms. The van der Waals surface area contributed by atoms with E-state index < -0.39 is 0 Å². The lowest BCUT2D eigenvalue weighted by molar-refractivity contribution is -0.133. The highest BCUT2D eigenvalue weighted by Crippen LogP contribution is 2.26. The van der Waals surface area contributed by atoms with Crippen LogP contribution in [0.4, 0.5) is 0 Å². The number of carbonyl (C=O) groups excluding carboxylic acids is 1. The van der Waals surface area contributed by atoms with Gasteiger partial charge in [0.25, 0.3) is 0 Å². The Morgan fingerprint density at radius 1 is 1.24 bits per heavy atom. The van der Waals surface area contributed by atoms with Gasteiger partial charge in [-0.15, -0.1) is 0 Å². The van der Waals surface area contributed by atoms with E-state index in [0.717, 1.165) is 11.1 Å². The normalized spacial score (nSPS) is 11.5. The van der Waals surface area contributed by atoms with Gasteiger partial charge in [0.1, 0.15) is 5.57 Å². The first kappa shape index (κ1) is 13.3. The highest BCUT2D eigenvalue weighted by Gasteiger charge is 2.17. The van der Waals surface area contributed by atoms with E-state index in [4.69, 9.17) is 9.47 Å². The summed E-state index contributed by atoms with van der Waals surface area (Å²) in [6.45, 7) is 4.17. The van der Waals surface area contributed by atoms with Crippen LogP contribution in [0.2, 0.25) is 0 Å². The minimum Gasteiger partial charge on any atom is -0.503 e. The van der Waals surface area contributed by atoms with Crippen molar-refractivity contribution >= 4 is 11.5 Å². The van der Waals surface area contributed by atoms with E-state index in [9.17, 15) is 4.79 Å². The van der Waals surface area contributed by atoms with Crippen LogP contribution in [0.5, 0.6) is 0 Å². The maximum absolute atomic E-state index is 11.7. The molecule has 92 valence electrons. The summed E-state index contributed by atoms with van der Waals surface area (Å²) in [7, 11) is 2.88. The Morgan fingerprint density at radius 3 is 2.41 bits per heavy atom. The van der Waals surface area contributed by atoms with Crippen molar-refractivity contribution in [2.24, 2.45) is 0 Å². The predicted octanol–water partition coefficient (Wildman–Crippen LogP) is 2.97. The smallest absolute Gasteiger partial charge is 0.341 e. The zero-order chi connectivity index (χ0) is 12.8. The minimum atomic E-state index is -0.389. The molecule has 0 aliphatic carbocycles. The van der Waals surface area contributed by atoms with E-state index in [0.29, 0.717) is 11.5 Å². The highest BCUT2D eigenvalue weighted by atomic mass is 16.5. The largest absolute Gasteiger partial charge is 0.503 e. The van der Waals surface area contributed by atoms with Crippen LogP contribution >= 0.6 is 0 Å². The number of rotatable bonds is 4. The molecule has 3 heteroatoms. The molecule has 0 heterocycles. The van der Waals surface area contributed by atoms with Gasteiger partial charge >= 0.3 is 5.97 Å². The molecule has 3 nitrogen and oxygen atoms in total. The Morgan fingerprint density at radius 2 is 1.88 bits per heavy atom. The van der Waals surface area contributed by atoms with Gasteiger partial charge in [0, 0.05) is 0 Å². The van der Waals surface area contributed by atoms with Gasteiger partial charge in [-0.2, -0.15) is 0 Å². The first-order valence-electron chi connectivity index (χ1n) is 5.52. The van der Waals surface area contributed by atoms with Gasteiger partial charge in [-0.3, -0.25) is 0 Å². The number of ether oxygens (including phenoxy) is 2. The summed E-state index contributed by atoms with van der Waals surface area (Å²) in [6, 6.07) is 7.76. The number of carbonyl (C=O) groups is 1. The van der Waals surface area contributed by atoms with Gasteiger partial charge < -0.3 is 9.47 Å². The molecule has 17 heavy (non-hydrogen) atoms. The van der Waals surface area contributed by atoms with Crippen molar-refractivity contribution in [3.63, 3.8) is 0 Å². The SMILES string of the molecule is CO/C=C(/C(=O)OC)c1ccccc1C(C)C. The van der Waals surface area contributed by atoms with Crippen molar-refractivity contribution in [3.05, 3.63) is 41.7 Å². The number of methoxy groups -OCH3 is 2. The molecule has 1 aromatic carbocycles. The lowest BCUT2D eigenvalue weighted by Gasteiger charge is -2.13. The predicted molar refractivity (Wildman–Crippen MR) is 67.5 cm³/mol. The highest BCUT2D eigenvalue weighted by molar-refractivity contribution is 6.16. The first-order valence-corrected chi connectivity index (χ1v) is 5.52. The number of hydrogen-bond acceptors (Lipinski definition) is 3. The minimum absolute atomic E-state index is 0.330. The zero-order valence-corrected chi connectivity index (χ0v) is 10.7. The third-order valence-electron chi connectivity index (χ3n) is 2.51. The molecular weight excluding hydrogens is 216 g/mol. The maximum atomic E-state index is 11.7. The standard InChI is InChI=1S/C14H18O3/c1-10(2)11-7-5-6-8-12(11)13(9-16-3)14(15)17-4/h5-10H,1-4H3/b13-9+. The van der Waals surface area contributed by atoms with E-state index >= 15 is 0 Å². The summed E-state index contributed by atoms with van der Waals surface area (Å²) in [5.74, 6) is -0.0592. The van der Waals surface area contributed by atoms with Gasteiger partial charge in [0.05, 0.1) is 20.5 Å². The molecule has 0 atom stereocenters. The average molecular weight is 234 g/mol. The molecule has 1 rings (SSSR count). The molecule has 0 aliphatic rings. The maximum Gasteiger partial charge on any atom is 0.341 e. The second-order valence-electron chi connectivity index (χ2n) is 4.00. The van der Waals surface area contributed by atoms with Crippen LogP contribution in [0.25, 0.3) is 5.57 Å². The quantitative estimate of drug-likeness (QED) is 0.456. The topological polar surface area (TPSA) is 35.5 Å². The van der Waals surface area contributed by atoms with Crippen LogP contribution in [0, 0.1) is 0 Å². The third kappa shape index (κ3) is 3.09. The van der Waals surface area contributed by atoms with E-state index in [1.165, 1.54) is 20.5 Å². The molecule has 0 N–H and O–H groups in total. The Bertz CT molecular complexity index is 419. The van der Waals surface area contributed by atoms with Gasteiger partial charge in [0.15, 0.2) is 0 Å². The lowest BCUT2D eigenvalue weighted by Crippen LogP contribution is -2.07. The summed E-state index contributed by atoms with van der Waals surface area (Å²) >= 11 is 0. The molecule has 0 bridgehead atoms. The average Bonchev–Trinajstić information content (AvgIpc) is 2.35. The van der Waals surface area contributed by atoms with Crippen LogP contribution in [0.1, 0.15) is 30.9 Å². The third-order valence-corrected chi connectivity index (χ3v) is 2.51. The summed E-state index contributed by atoms with van der Waals surface area (Å²) in [4.78, 5) is 11.7. The van der Waals surface area contributed by atoms with E-state index in [-0.39, 0.29) is 5.97 Å². The van der Waals surface area contributed by atoms with Crippen LogP contribution in [0.3, 0.4) is 0 Å². The van der Waals surface area contributed by atoms with Crippen molar-refractivity contribution < 1.29 is 14.3 Å². The fraction of sp³-hybridized carbons (Fsp3) is 0.357. The lowest BCUT2D eigenvalue weighted by atomic mass is 9.93. The molecule has 1 aromatic rings. The molecule has 0 amide bonds. The van der Waals surface area contributed by atoms with Gasteiger partial charge in [-0.05, 0) is 17.0 Å². The fourth-order valence-corrected chi connectivity index (χ4v) is 1.70. The van der Waals surface area contributed by atoms with Crippen LogP contribution in [-0.4, -0.2) is 20.2 Å². The van der Waals surface area contributed by atoms with Gasteiger partial charge in [-0.1, -0.05) is 38.1 Å². The Balaban J connectivity index is 3.28. The van der Waals surface area contributed by atoms with E-state index in [1.54, 1.807) is 0 Å². The summed E-state index contributed by atoms with van der Waals surface area (Å²) < 4.78 is 9.72. The molecular formula is C14H18O3. The van der Waals surface area contributed by atoms with Crippen molar-refractivity contribution in [1.82, 2.24) is 0 Å². The zero-order valence-electron chi connectivity index (χ0n) is 10.7. The van der Waals surface area contributed by atoms with Gasteiger partial charge in [-0.25, -0.2) is 4.79 Å². The molecule has 0 saturated heterocycles. The van der Waals surface area contributed by atoms with E-state index in [1.807, 2.05) is 24.3 Å². The molecule has 0 saturated carbocycles. The summed E-state index contributed by atoms with van der Waals surface area (Å²) in [5, 5.41) is 0. The second kappa shape index (κ2) is 6.09. The monoisotopic (exact) mass is 234 g/mol. The van der Waals surface area contributed by atoms with Crippen LogP contribution in [-0.2, 0) is 14.3 Å².